The smallest absolute Gasteiger partial charge is 0.177 e. The van der Waals surface area contributed by atoms with E-state index in [1.165, 1.54) is 0 Å². The Bertz CT molecular complexity index is 437. The molecule has 4 heteroatoms. The molecule has 0 atom stereocenters. The van der Waals surface area contributed by atoms with E-state index >= 15 is 0 Å². The summed E-state index contributed by atoms with van der Waals surface area (Å²) in [6, 6.07) is 0. The fourth-order valence-corrected chi connectivity index (χ4v) is 3.99. The zero-order valence-corrected chi connectivity index (χ0v) is 13.7. The lowest BCUT2D eigenvalue weighted by molar-refractivity contribution is -0.0437. The monoisotopic (exact) mass is 306 g/mol. The number of carbonyl (C=O) groups excluding carboxylic acids is 2. The maximum Gasteiger partial charge on any atom is 0.177 e. The van der Waals surface area contributed by atoms with Gasteiger partial charge in [-0.1, -0.05) is 0 Å². The molecule has 0 saturated heterocycles. The van der Waals surface area contributed by atoms with Crippen LogP contribution in [-0.4, -0.2) is 23.1 Å². The molecule has 0 heterocycles. The number of hydrogen-bond acceptors (Lipinski definition) is 4. The molecule has 2 rings (SSSR count). The number of ether oxygens (including phenoxy) is 2. The van der Waals surface area contributed by atoms with Crippen LogP contribution < -0.4 is 0 Å². The van der Waals surface area contributed by atoms with Crippen LogP contribution in [0.2, 0.25) is 0 Å². The Balaban J connectivity index is 2.06. The second-order valence-electron chi connectivity index (χ2n) is 6.80. The van der Waals surface area contributed by atoms with Crippen molar-refractivity contribution in [1.29, 1.82) is 0 Å². The van der Waals surface area contributed by atoms with Crippen LogP contribution in [0.5, 0.6) is 0 Å². The summed E-state index contributed by atoms with van der Waals surface area (Å²) in [5.41, 5.74) is -0.502. The first-order valence-electron chi connectivity index (χ1n) is 8.35. The minimum absolute atomic E-state index is 0.251. The predicted molar refractivity (Wildman–Crippen MR) is 83.6 cm³/mol. The first-order chi connectivity index (χ1) is 10.5. The Morgan fingerprint density at radius 1 is 0.773 bits per heavy atom. The molecule has 2 aliphatic carbocycles. The van der Waals surface area contributed by atoms with Gasteiger partial charge in [0.2, 0.25) is 0 Å². The zero-order chi connectivity index (χ0) is 16.1. The van der Waals surface area contributed by atoms with Gasteiger partial charge in [0.05, 0.1) is 0 Å². The molecule has 0 N–H and O–H groups in total. The summed E-state index contributed by atoms with van der Waals surface area (Å²) in [6.07, 6.45) is 10.2. The van der Waals surface area contributed by atoms with Gasteiger partial charge in [0.15, 0.2) is 23.4 Å². The van der Waals surface area contributed by atoms with Crippen LogP contribution in [0.4, 0.5) is 0 Å². The van der Waals surface area contributed by atoms with Gasteiger partial charge in [0, 0.05) is 13.8 Å². The quantitative estimate of drug-likeness (QED) is 0.529. The highest BCUT2D eigenvalue weighted by Crippen LogP contribution is 2.44. The normalized spacial score (nSPS) is 21.7. The van der Waals surface area contributed by atoms with E-state index in [0.717, 1.165) is 64.2 Å². The van der Waals surface area contributed by atoms with E-state index in [9.17, 15) is 9.59 Å². The molecule has 0 aromatic heterocycles. The molecule has 122 valence electrons. The van der Waals surface area contributed by atoms with Gasteiger partial charge in [-0.25, -0.2) is 9.59 Å². The number of rotatable bonds is 7. The molecule has 0 amide bonds. The molecule has 0 unspecified atom stereocenters. The van der Waals surface area contributed by atoms with Crippen LogP contribution in [0, 0.1) is 0 Å². The molecule has 0 spiro atoms. The molecule has 0 aromatic carbocycles. The fraction of sp³-hybridized carbons (Fsp3) is 0.778. The predicted octanol–water partition coefficient (Wildman–Crippen LogP) is 3.90. The fourth-order valence-electron chi connectivity index (χ4n) is 3.99. The lowest BCUT2D eigenvalue weighted by Crippen LogP contribution is -2.35. The zero-order valence-electron chi connectivity index (χ0n) is 13.7. The van der Waals surface area contributed by atoms with Crippen LogP contribution >= 0.6 is 0 Å². The highest BCUT2D eigenvalue weighted by molar-refractivity contribution is 5.48. The van der Waals surface area contributed by atoms with E-state index in [4.69, 9.17) is 9.47 Å². The van der Waals surface area contributed by atoms with E-state index in [2.05, 4.69) is 0 Å². The van der Waals surface area contributed by atoms with E-state index < -0.39 is 0 Å². The number of hydrogen-bond donors (Lipinski definition) is 0. The van der Waals surface area contributed by atoms with Gasteiger partial charge in [0.1, 0.15) is 11.2 Å². The molecule has 2 aliphatic rings. The molecule has 0 aromatic rings. The first-order valence-corrected chi connectivity index (χ1v) is 8.35. The van der Waals surface area contributed by atoms with E-state index in [1.807, 2.05) is 11.9 Å². The van der Waals surface area contributed by atoms with Crippen LogP contribution in [0.25, 0.3) is 0 Å². The van der Waals surface area contributed by atoms with E-state index in [1.54, 1.807) is 13.8 Å². The van der Waals surface area contributed by atoms with Gasteiger partial charge in [-0.15, -0.1) is 0 Å². The Morgan fingerprint density at radius 3 is 1.36 bits per heavy atom. The number of allylic oxidation sites excluding steroid dienone is 2. The minimum atomic E-state index is -0.251. The van der Waals surface area contributed by atoms with Crippen LogP contribution in [0.15, 0.2) is 11.5 Å². The highest BCUT2D eigenvalue weighted by Gasteiger charge is 2.42. The molecular formula is C18H26O4. The van der Waals surface area contributed by atoms with E-state index in [0.29, 0.717) is 11.5 Å². The van der Waals surface area contributed by atoms with Gasteiger partial charge in [-0.2, -0.15) is 0 Å². The molecule has 0 bridgehead atoms. The molecule has 22 heavy (non-hydrogen) atoms. The lowest BCUT2D eigenvalue weighted by atomic mass is 9.86. The van der Waals surface area contributed by atoms with Crippen LogP contribution in [0.1, 0.15) is 78.1 Å². The van der Waals surface area contributed by atoms with Gasteiger partial charge < -0.3 is 9.47 Å². The van der Waals surface area contributed by atoms with Gasteiger partial charge in [-0.3, -0.25) is 0 Å². The standard InChI is InChI=1S/C18H26O4/c1-15(13-19)21-17(7-3-4-8-17)11-12-18(9-5-6-10-18)22-16(2)14-20/h3-12H2,1-2H3. The third-order valence-electron chi connectivity index (χ3n) is 5.09. The van der Waals surface area contributed by atoms with Gasteiger partial charge in [0.25, 0.3) is 0 Å². The van der Waals surface area contributed by atoms with Crippen LogP contribution in [0.3, 0.4) is 0 Å². The van der Waals surface area contributed by atoms with Crippen molar-refractivity contribution >= 4 is 11.9 Å². The molecular weight excluding hydrogens is 280 g/mol. The summed E-state index contributed by atoms with van der Waals surface area (Å²) in [5, 5.41) is 0. The summed E-state index contributed by atoms with van der Waals surface area (Å²) in [5.74, 6) is 4.39. The molecule has 2 saturated carbocycles. The summed E-state index contributed by atoms with van der Waals surface area (Å²) in [7, 11) is 0. The minimum Gasteiger partial charge on any atom is -0.481 e. The van der Waals surface area contributed by atoms with Crippen molar-refractivity contribution in [2.75, 3.05) is 0 Å². The summed E-state index contributed by atoms with van der Waals surface area (Å²) in [4.78, 5) is 21.6. The second-order valence-corrected chi connectivity index (χ2v) is 6.80. The highest BCUT2D eigenvalue weighted by atomic mass is 16.5. The lowest BCUT2D eigenvalue weighted by Gasteiger charge is -2.35. The van der Waals surface area contributed by atoms with Crippen LogP contribution in [-0.2, 0) is 19.1 Å². The van der Waals surface area contributed by atoms with Crippen molar-refractivity contribution < 1.29 is 19.1 Å². The third-order valence-corrected chi connectivity index (χ3v) is 5.09. The summed E-state index contributed by atoms with van der Waals surface area (Å²) in [6.45, 7) is 3.35. The maximum atomic E-state index is 10.8. The molecule has 4 nitrogen and oxygen atoms in total. The third kappa shape index (κ3) is 4.03. The van der Waals surface area contributed by atoms with Crippen molar-refractivity contribution in [2.24, 2.45) is 0 Å². The van der Waals surface area contributed by atoms with Gasteiger partial charge in [-0.05, 0) is 64.2 Å². The maximum absolute atomic E-state index is 10.8. The van der Waals surface area contributed by atoms with Gasteiger partial charge >= 0.3 is 0 Å². The Morgan fingerprint density at radius 2 is 1.09 bits per heavy atom. The first kappa shape index (κ1) is 16.9. The molecule has 2 fully saturated rings. The van der Waals surface area contributed by atoms with Crippen molar-refractivity contribution in [1.82, 2.24) is 0 Å². The summed E-state index contributed by atoms with van der Waals surface area (Å²) >= 11 is 0. The van der Waals surface area contributed by atoms with E-state index in [-0.39, 0.29) is 11.2 Å². The van der Waals surface area contributed by atoms with Crippen molar-refractivity contribution in [3.05, 3.63) is 11.5 Å². The average Bonchev–Trinajstić information content (AvgIpc) is 3.16. The largest absolute Gasteiger partial charge is 0.481 e. The van der Waals surface area contributed by atoms with Crippen molar-refractivity contribution in [3.8, 4) is 0 Å². The topological polar surface area (TPSA) is 52.6 Å². The second kappa shape index (κ2) is 7.17. The van der Waals surface area contributed by atoms with Crippen molar-refractivity contribution in [3.63, 3.8) is 0 Å². The average molecular weight is 306 g/mol. The molecule has 0 radical (unpaired) electrons. The SMILES string of the molecule is CC(=C=O)OC1(CCC2(OC(C)=C=O)CCCC2)CCCC1. The Hall–Kier alpha value is -1.50. The summed E-state index contributed by atoms with van der Waals surface area (Å²) < 4.78 is 11.9. The van der Waals surface area contributed by atoms with Crippen molar-refractivity contribution in [2.45, 2.75) is 89.3 Å². The molecule has 0 aliphatic heterocycles. The Kier molecular flexibility index (Phi) is 5.50. The Labute approximate surface area is 132 Å².